The van der Waals surface area contributed by atoms with E-state index in [1.165, 1.54) is 22.5 Å². The van der Waals surface area contributed by atoms with Crippen molar-refractivity contribution in [3.05, 3.63) is 28.8 Å². The van der Waals surface area contributed by atoms with E-state index in [1.54, 1.807) is 0 Å². The van der Waals surface area contributed by atoms with Crippen LogP contribution in [0.1, 0.15) is 18.4 Å². The van der Waals surface area contributed by atoms with Gasteiger partial charge in [-0.1, -0.05) is 11.6 Å². The SMILES string of the molecule is N#Cc1ccc(Cl)c(S(=O)(=O)N2CCCC(C(N)=O)C2)c1. The molecule has 1 unspecified atom stereocenters. The van der Waals surface area contributed by atoms with Gasteiger partial charge in [0.2, 0.25) is 15.9 Å². The van der Waals surface area contributed by atoms with Crippen LogP contribution in [0.3, 0.4) is 0 Å². The lowest BCUT2D eigenvalue weighted by atomic mass is 9.99. The molecule has 6 nitrogen and oxygen atoms in total. The second-order valence-electron chi connectivity index (χ2n) is 4.86. The number of amides is 1. The monoisotopic (exact) mass is 327 g/mol. The maximum absolute atomic E-state index is 12.6. The molecule has 0 spiro atoms. The molecule has 0 bridgehead atoms. The molecule has 1 aliphatic heterocycles. The second-order valence-corrected chi connectivity index (χ2v) is 7.18. The van der Waals surface area contributed by atoms with Gasteiger partial charge in [-0.15, -0.1) is 0 Å². The van der Waals surface area contributed by atoms with Crippen LogP contribution in [-0.4, -0.2) is 31.7 Å². The van der Waals surface area contributed by atoms with Crippen LogP contribution in [0.2, 0.25) is 5.02 Å². The van der Waals surface area contributed by atoms with Crippen LogP contribution in [0.15, 0.2) is 23.1 Å². The van der Waals surface area contributed by atoms with Crippen molar-refractivity contribution in [1.29, 1.82) is 5.26 Å². The standard InChI is InChI=1S/C13H14ClN3O3S/c14-11-4-3-9(7-15)6-12(11)21(19,20)17-5-1-2-10(8-17)13(16)18/h3-4,6,10H,1-2,5,8H2,(H2,16,18). The van der Waals surface area contributed by atoms with Crippen molar-refractivity contribution in [2.24, 2.45) is 11.7 Å². The first-order chi connectivity index (χ1) is 9.86. The van der Waals surface area contributed by atoms with E-state index in [0.29, 0.717) is 19.4 Å². The van der Waals surface area contributed by atoms with Crippen molar-refractivity contribution >= 4 is 27.5 Å². The van der Waals surface area contributed by atoms with E-state index in [0.717, 1.165) is 0 Å². The smallest absolute Gasteiger partial charge is 0.244 e. The summed E-state index contributed by atoms with van der Waals surface area (Å²) in [5.74, 6) is -1.00. The van der Waals surface area contributed by atoms with E-state index in [1.807, 2.05) is 6.07 Å². The average molecular weight is 328 g/mol. The number of halogens is 1. The van der Waals surface area contributed by atoms with E-state index >= 15 is 0 Å². The fraction of sp³-hybridized carbons (Fsp3) is 0.385. The molecule has 1 aromatic carbocycles. The molecule has 1 fully saturated rings. The van der Waals surface area contributed by atoms with Crippen LogP contribution in [0.4, 0.5) is 0 Å². The number of hydrogen-bond donors (Lipinski definition) is 1. The zero-order valence-electron chi connectivity index (χ0n) is 11.1. The first-order valence-corrected chi connectivity index (χ1v) is 8.17. The Balaban J connectivity index is 2.38. The second kappa shape index (κ2) is 6.02. The number of nitrogens with two attached hydrogens (primary N) is 1. The number of rotatable bonds is 3. The Kier molecular flexibility index (Phi) is 4.52. The Hall–Kier alpha value is -1.62. The van der Waals surface area contributed by atoms with Gasteiger partial charge in [0.05, 0.1) is 22.6 Å². The predicted octanol–water partition coefficient (Wildman–Crippen LogP) is 1.10. The molecule has 0 aliphatic carbocycles. The Labute approximate surface area is 128 Å². The highest BCUT2D eigenvalue weighted by molar-refractivity contribution is 7.89. The van der Waals surface area contributed by atoms with Crippen molar-refractivity contribution in [1.82, 2.24) is 4.31 Å². The van der Waals surface area contributed by atoms with Crippen molar-refractivity contribution in [3.63, 3.8) is 0 Å². The van der Waals surface area contributed by atoms with Crippen molar-refractivity contribution in [2.75, 3.05) is 13.1 Å². The van der Waals surface area contributed by atoms with Crippen LogP contribution in [0.25, 0.3) is 0 Å². The van der Waals surface area contributed by atoms with E-state index in [2.05, 4.69) is 0 Å². The summed E-state index contributed by atoms with van der Waals surface area (Å²) in [5.41, 5.74) is 5.47. The average Bonchev–Trinajstić information content (AvgIpc) is 2.47. The molecule has 8 heteroatoms. The topological polar surface area (TPSA) is 104 Å². The van der Waals surface area contributed by atoms with Crippen LogP contribution in [0.5, 0.6) is 0 Å². The molecular weight excluding hydrogens is 314 g/mol. The van der Waals surface area contributed by atoms with Gasteiger partial charge >= 0.3 is 0 Å². The minimum atomic E-state index is -3.85. The summed E-state index contributed by atoms with van der Waals surface area (Å²) in [4.78, 5) is 11.1. The lowest BCUT2D eigenvalue weighted by Crippen LogP contribution is -2.44. The van der Waals surface area contributed by atoms with Gasteiger partial charge in [-0.05, 0) is 31.0 Å². The van der Waals surface area contributed by atoms with E-state index in [4.69, 9.17) is 22.6 Å². The number of benzene rings is 1. The van der Waals surface area contributed by atoms with Crippen molar-refractivity contribution < 1.29 is 13.2 Å². The van der Waals surface area contributed by atoms with Gasteiger partial charge < -0.3 is 5.73 Å². The first-order valence-electron chi connectivity index (χ1n) is 6.35. The zero-order chi connectivity index (χ0) is 15.6. The highest BCUT2D eigenvalue weighted by Crippen LogP contribution is 2.29. The molecule has 2 rings (SSSR count). The lowest BCUT2D eigenvalue weighted by molar-refractivity contribution is -0.122. The summed E-state index contributed by atoms with van der Waals surface area (Å²) in [6.45, 7) is 0.351. The number of nitriles is 1. The van der Waals surface area contributed by atoms with Gasteiger partial charge in [-0.25, -0.2) is 8.42 Å². The largest absolute Gasteiger partial charge is 0.369 e. The number of hydrogen-bond acceptors (Lipinski definition) is 4. The minimum Gasteiger partial charge on any atom is -0.369 e. The highest BCUT2D eigenvalue weighted by atomic mass is 35.5. The molecule has 112 valence electrons. The molecule has 1 atom stereocenters. The Bertz CT molecular complexity index is 712. The summed E-state index contributed by atoms with van der Waals surface area (Å²) in [6.07, 6.45) is 1.13. The minimum absolute atomic E-state index is 0.0464. The summed E-state index contributed by atoms with van der Waals surface area (Å²) in [6, 6.07) is 5.95. The maximum atomic E-state index is 12.6. The molecule has 0 saturated carbocycles. The first kappa shape index (κ1) is 15.8. The molecule has 21 heavy (non-hydrogen) atoms. The molecule has 2 N–H and O–H groups in total. The Morgan fingerprint density at radius 2 is 2.19 bits per heavy atom. The van der Waals surface area contributed by atoms with Crippen LogP contribution >= 0.6 is 11.6 Å². The fourth-order valence-electron chi connectivity index (χ4n) is 2.30. The third-order valence-corrected chi connectivity index (χ3v) is 5.81. The van der Waals surface area contributed by atoms with Crippen molar-refractivity contribution in [2.45, 2.75) is 17.7 Å². The number of primary amides is 1. The van der Waals surface area contributed by atoms with Gasteiger partial charge in [0, 0.05) is 13.1 Å². The van der Waals surface area contributed by atoms with Crippen molar-refractivity contribution in [3.8, 4) is 6.07 Å². The van der Waals surface area contributed by atoms with Gasteiger partial charge in [-0.2, -0.15) is 9.57 Å². The molecular formula is C13H14ClN3O3S. The molecule has 0 radical (unpaired) electrons. The van der Waals surface area contributed by atoms with Gasteiger partial charge in [-0.3, -0.25) is 4.79 Å². The fourth-order valence-corrected chi connectivity index (χ4v) is 4.33. The highest BCUT2D eigenvalue weighted by Gasteiger charge is 2.33. The van der Waals surface area contributed by atoms with Crippen LogP contribution < -0.4 is 5.73 Å². The summed E-state index contributed by atoms with van der Waals surface area (Å²) in [7, 11) is -3.85. The third kappa shape index (κ3) is 3.18. The summed E-state index contributed by atoms with van der Waals surface area (Å²) in [5, 5.41) is 8.93. The predicted molar refractivity (Wildman–Crippen MR) is 76.8 cm³/mol. The Morgan fingerprint density at radius 1 is 1.48 bits per heavy atom. The van der Waals surface area contributed by atoms with E-state index in [9.17, 15) is 13.2 Å². The van der Waals surface area contributed by atoms with Gasteiger partial charge in [0.25, 0.3) is 0 Å². The zero-order valence-corrected chi connectivity index (χ0v) is 12.7. The molecule has 1 heterocycles. The van der Waals surface area contributed by atoms with Crippen LogP contribution in [-0.2, 0) is 14.8 Å². The number of nitrogens with zero attached hydrogens (tertiary/aromatic N) is 2. The molecule has 1 aromatic rings. The normalized spacial score (nSPS) is 19.9. The molecule has 1 saturated heterocycles. The number of sulfonamides is 1. The quantitative estimate of drug-likeness (QED) is 0.897. The van der Waals surface area contributed by atoms with Gasteiger partial charge in [0.15, 0.2) is 0 Å². The summed E-state index contributed by atoms with van der Waals surface area (Å²) < 4.78 is 26.5. The molecule has 1 amide bonds. The number of piperidine rings is 1. The lowest BCUT2D eigenvalue weighted by Gasteiger charge is -2.30. The van der Waals surface area contributed by atoms with E-state index in [-0.39, 0.29) is 22.0 Å². The number of carbonyl (C=O) groups is 1. The van der Waals surface area contributed by atoms with Crippen LogP contribution in [0, 0.1) is 17.2 Å². The maximum Gasteiger partial charge on any atom is 0.244 e. The number of carbonyl (C=O) groups excluding carboxylic acids is 1. The molecule has 1 aliphatic rings. The van der Waals surface area contributed by atoms with Gasteiger partial charge in [0.1, 0.15) is 4.90 Å². The third-order valence-electron chi connectivity index (χ3n) is 3.46. The summed E-state index contributed by atoms with van der Waals surface area (Å²) >= 11 is 5.95. The van der Waals surface area contributed by atoms with E-state index < -0.39 is 21.8 Å². The molecule has 0 aromatic heterocycles. The Morgan fingerprint density at radius 3 is 2.81 bits per heavy atom.